The molecule has 1 aliphatic carbocycles. The molecule has 2 N–H and O–H groups in total. The fourth-order valence-corrected chi connectivity index (χ4v) is 4.65. The Hall–Kier alpha value is -3.28. The fourth-order valence-electron chi connectivity index (χ4n) is 4.65. The van der Waals surface area contributed by atoms with Crippen molar-refractivity contribution in [2.24, 2.45) is 0 Å². The summed E-state index contributed by atoms with van der Waals surface area (Å²) in [6.45, 7) is 4.35. The summed E-state index contributed by atoms with van der Waals surface area (Å²) in [6, 6.07) is 13.3. The number of hydrogen-bond acceptors (Lipinski definition) is 3. The quantitative estimate of drug-likeness (QED) is 0.556. The lowest BCUT2D eigenvalue weighted by Crippen LogP contribution is -2.44. The smallest absolute Gasteiger partial charge is 0.322 e. The predicted molar refractivity (Wildman–Crippen MR) is 128 cm³/mol. The van der Waals surface area contributed by atoms with Gasteiger partial charge in [0.05, 0.1) is 13.7 Å². The predicted octanol–water partition coefficient (Wildman–Crippen LogP) is 5.52. The van der Waals surface area contributed by atoms with E-state index in [4.69, 9.17) is 4.74 Å². The van der Waals surface area contributed by atoms with Gasteiger partial charge in [-0.05, 0) is 74.2 Å². The second-order valence-electron chi connectivity index (χ2n) is 8.75. The lowest BCUT2D eigenvalue weighted by molar-refractivity contribution is 0.162. The summed E-state index contributed by atoms with van der Waals surface area (Å²) in [6.07, 6.45) is 5.31. The molecule has 168 valence electrons. The van der Waals surface area contributed by atoms with Gasteiger partial charge < -0.3 is 19.9 Å². The number of H-pyrrole nitrogens is 1. The molecule has 6 heteroatoms. The summed E-state index contributed by atoms with van der Waals surface area (Å²) < 4.78 is 5.20. The number of aromatic amines is 1. The highest BCUT2D eigenvalue weighted by Crippen LogP contribution is 2.26. The molecule has 1 aromatic heterocycles. The zero-order valence-electron chi connectivity index (χ0n) is 19.0. The van der Waals surface area contributed by atoms with Crippen molar-refractivity contribution in [2.45, 2.75) is 58.5 Å². The van der Waals surface area contributed by atoms with Crippen LogP contribution < -0.4 is 15.6 Å². The van der Waals surface area contributed by atoms with Gasteiger partial charge in [-0.1, -0.05) is 25.3 Å². The fraction of sp³-hybridized carbons (Fsp3) is 0.385. The second-order valence-corrected chi connectivity index (χ2v) is 8.75. The van der Waals surface area contributed by atoms with Gasteiger partial charge in [0.25, 0.3) is 5.56 Å². The Labute approximate surface area is 188 Å². The molecule has 32 heavy (non-hydrogen) atoms. The third-order valence-corrected chi connectivity index (χ3v) is 6.35. The summed E-state index contributed by atoms with van der Waals surface area (Å²) in [7, 11) is 1.61. The largest absolute Gasteiger partial charge is 0.497 e. The molecule has 0 spiro atoms. The van der Waals surface area contributed by atoms with Crippen LogP contribution in [0.3, 0.4) is 0 Å². The van der Waals surface area contributed by atoms with Crippen LogP contribution in [0.2, 0.25) is 0 Å². The van der Waals surface area contributed by atoms with E-state index in [0.29, 0.717) is 11.3 Å². The van der Waals surface area contributed by atoms with Crippen molar-refractivity contribution >= 4 is 22.6 Å². The van der Waals surface area contributed by atoms with Crippen LogP contribution >= 0.6 is 0 Å². The van der Waals surface area contributed by atoms with Crippen molar-refractivity contribution in [3.8, 4) is 5.75 Å². The Morgan fingerprint density at radius 3 is 2.50 bits per heavy atom. The molecule has 0 saturated heterocycles. The molecular formula is C26H31N3O3. The van der Waals surface area contributed by atoms with E-state index in [0.717, 1.165) is 53.5 Å². The number of nitrogens with one attached hydrogen (secondary N) is 2. The van der Waals surface area contributed by atoms with E-state index in [9.17, 15) is 9.59 Å². The van der Waals surface area contributed by atoms with Gasteiger partial charge in [-0.15, -0.1) is 0 Å². The third-order valence-electron chi connectivity index (χ3n) is 6.35. The van der Waals surface area contributed by atoms with Gasteiger partial charge in [-0.3, -0.25) is 4.79 Å². The van der Waals surface area contributed by atoms with Crippen LogP contribution in [0, 0.1) is 13.8 Å². The highest BCUT2D eigenvalue weighted by molar-refractivity contribution is 5.90. The van der Waals surface area contributed by atoms with Gasteiger partial charge in [0, 0.05) is 28.2 Å². The Kier molecular flexibility index (Phi) is 6.49. The van der Waals surface area contributed by atoms with Gasteiger partial charge in [-0.2, -0.15) is 0 Å². The highest BCUT2D eigenvalue weighted by Gasteiger charge is 2.26. The van der Waals surface area contributed by atoms with Crippen molar-refractivity contribution in [1.29, 1.82) is 0 Å². The first-order chi connectivity index (χ1) is 15.4. The Morgan fingerprint density at radius 2 is 1.81 bits per heavy atom. The highest BCUT2D eigenvalue weighted by atomic mass is 16.5. The third kappa shape index (κ3) is 4.79. The van der Waals surface area contributed by atoms with Crippen molar-refractivity contribution in [1.82, 2.24) is 9.88 Å². The molecule has 1 heterocycles. The Morgan fingerprint density at radius 1 is 1.09 bits per heavy atom. The molecule has 0 atom stereocenters. The summed E-state index contributed by atoms with van der Waals surface area (Å²) in [5, 5.41) is 4.02. The van der Waals surface area contributed by atoms with Crippen LogP contribution in [-0.2, 0) is 6.54 Å². The number of anilines is 1. The van der Waals surface area contributed by atoms with Crippen molar-refractivity contribution < 1.29 is 9.53 Å². The summed E-state index contributed by atoms with van der Waals surface area (Å²) >= 11 is 0. The molecule has 4 rings (SSSR count). The number of rotatable bonds is 5. The maximum Gasteiger partial charge on any atom is 0.322 e. The van der Waals surface area contributed by atoms with Gasteiger partial charge in [0.15, 0.2) is 0 Å². The average Bonchev–Trinajstić information content (AvgIpc) is 2.78. The minimum absolute atomic E-state index is 0.121. The van der Waals surface area contributed by atoms with E-state index in [1.54, 1.807) is 7.11 Å². The lowest BCUT2D eigenvalue weighted by atomic mass is 9.94. The molecule has 1 saturated carbocycles. The van der Waals surface area contributed by atoms with E-state index in [2.05, 4.69) is 16.4 Å². The molecule has 3 aromatic rings. The normalized spacial score (nSPS) is 14.3. The Bertz CT molecular complexity index is 1160. The van der Waals surface area contributed by atoms with E-state index in [-0.39, 0.29) is 24.2 Å². The number of carbonyl (C=O) groups excluding carboxylic acids is 1. The number of ether oxygens (including phenoxy) is 1. The van der Waals surface area contributed by atoms with Crippen molar-refractivity contribution in [2.75, 3.05) is 12.4 Å². The minimum atomic E-state index is -0.179. The van der Waals surface area contributed by atoms with Crippen molar-refractivity contribution in [3.05, 3.63) is 69.5 Å². The molecule has 1 fully saturated rings. The first-order valence-electron chi connectivity index (χ1n) is 11.3. The lowest BCUT2D eigenvalue weighted by Gasteiger charge is -2.34. The summed E-state index contributed by atoms with van der Waals surface area (Å²) in [5.41, 5.74) is 4.24. The van der Waals surface area contributed by atoms with Gasteiger partial charge >= 0.3 is 6.03 Å². The topological polar surface area (TPSA) is 74.4 Å². The van der Waals surface area contributed by atoms with Crippen LogP contribution in [0.4, 0.5) is 10.5 Å². The number of aromatic nitrogens is 1. The number of methoxy groups -OCH3 is 1. The Balaban J connectivity index is 1.63. The first kappa shape index (κ1) is 21.9. The SMILES string of the molecule is COc1ccc(NC(=O)N(Cc2cc3c(C)cc(C)cc3[nH]c2=O)C2CCCCC2)cc1. The molecule has 0 aliphatic heterocycles. The monoisotopic (exact) mass is 433 g/mol. The number of fused-ring (bicyclic) bond motifs is 1. The molecule has 2 amide bonds. The molecule has 6 nitrogen and oxygen atoms in total. The van der Waals surface area contributed by atoms with Crippen LogP contribution in [0.25, 0.3) is 10.9 Å². The molecular weight excluding hydrogens is 402 g/mol. The number of hydrogen-bond donors (Lipinski definition) is 2. The first-order valence-corrected chi connectivity index (χ1v) is 11.3. The van der Waals surface area contributed by atoms with Crippen LogP contribution in [0.5, 0.6) is 5.75 Å². The zero-order valence-corrected chi connectivity index (χ0v) is 19.0. The summed E-state index contributed by atoms with van der Waals surface area (Å²) in [5.74, 6) is 0.737. The van der Waals surface area contributed by atoms with E-state index >= 15 is 0 Å². The number of benzene rings is 2. The molecule has 0 radical (unpaired) electrons. The van der Waals surface area contributed by atoms with E-state index in [1.807, 2.05) is 55.1 Å². The number of pyridine rings is 1. The van der Waals surface area contributed by atoms with Crippen LogP contribution in [0.15, 0.2) is 47.3 Å². The van der Waals surface area contributed by atoms with Crippen LogP contribution in [0.1, 0.15) is 48.8 Å². The van der Waals surface area contributed by atoms with E-state index in [1.165, 1.54) is 6.42 Å². The number of urea groups is 1. The standard InChI is InChI=1S/C26H31N3O3/c1-17-13-18(2)23-15-19(25(30)28-24(23)14-17)16-29(21-7-5-4-6-8-21)26(31)27-20-9-11-22(32-3)12-10-20/h9-15,21H,4-8,16H2,1-3H3,(H,27,31)(H,28,30). The summed E-state index contributed by atoms with van der Waals surface area (Å²) in [4.78, 5) is 31.1. The zero-order chi connectivity index (χ0) is 22.7. The number of aryl methyl sites for hydroxylation is 2. The average molecular weight is 434 g/mol. The number of nitrogens with zero attached hydrogens (tertiary/aromatic N) is 1. The van der Waals surface area contributed by atoms with Gasteiger partial charge in [0.2, 0.25) is 0 Å². The maximum absolute atomic E-state index is 13.3. The number of amides is 2. The maximum atomic E-state index is 13.3. The molecule has 0 unspecified atom stereocenters. The van der Waals surface area contributed by atoms with Gasteiger partial charge in [-0.25, -0.2) is 4.79 Å². The molecule has 2 aromatic carbocycles. The minimum Gasteiger partial charge on any atom is -0.497 e. The molecule has 0 bridgehead atoms. The number of carbonyl (C=O) groups is 1. The van der Waals surface area contributed by atoms with Gasteiger partial charge in [0.1, 0.15) is 5.75 Å². The van der Waals surface area contributed by atoms with Crippen LogP contribution in [-0.4, -0.2) is 29.1 Å². The molecule has 1 aliphatic rings. The second kappa shape index (κ2) is 9.47. The van der Waals surface area contributed by atoms with E-state index < -0.39 is 0 Å². The van der Waals surface area contributed by atoms with Crippen molar-refractivity contribution in [3.63, 3.8) is 0 Å².